The minimum absolute atomic E-state index is 0.417. The van der Waals surface area contributed by atoms with Gasteiger partial charge in [0.05, 0.1) is 12.2 Å². The molecular weight excluding hydrogens is 621 g/mol. The van der Waals surface area contributed by atoms with Crippen LogP contribution in [0.4, 0.5) is 0 Å². The monoisotopic (exact) mass is 717 g/mol. The molecule has 3 nitrogen and oxygen atoms in total. The van der Waals surface area contributed by atoms with E-state index in [4.69, 9.17) is 4.74 Å². The van der Waals surface area contributed by atoms with Crippen LogP contribution in [-0.2, 0) is 4.74 Å². The Hall–Kier alpha value is -0.640. The van der Waals surface area contributed by atoms with Gasteiger partial charge in [-0.1, -0.05) is 181 Å². The number of hydrogen-bond acceptors (Lipinski definition) is 3. The van der Waals surface area contributed by atoms with Crippen LogP contribution in [0, 0.1) is 0 Å². The third-order valence-electron chi connectivity index (χ3n) is 11.3. The van der Waals surface area contributed by atoms with Crippen molar-refractivity contribution in [3.8, 4) is 0 Å². The van der Waals surface area contributed by atoms with Gasteiger partial charge in [0, 0.05) is 13.1 Å². The standard InChI is InChI=1S/C48H96N2O/c1-7-13-15-17-19-21-23-25-27-29-31-33-35-37-39-41-47(43-45-49(9-3)10-4)51-48(44-46-50(11-5)12-6)42-40-38-36-34-32-30-28-26-24-22-20-18-16-14-8-2/h25-28,47-48H,7-24,29-46H2,1-6H3. The normalized spacial score (nSPS) is 13.5. The molecule has 0 aliphatic carbocycles. The van der Waals surface area contributed by atoms with E-state index in [1.54, 1.807) is 0 Å². The molecule has 304 valence electrons. The molecule has 0 aromatic heterocycles. The summed E-state index contributed by atoms with van der Waals surface area (Å²) in [5, 5.41) is 0. The Labute approximate surface area is 323 Å². The number of ether oxygens (including phenoxy) is 1. The lowest BCUT2D eigenvalue weighted by Gasteiger charge is -2.29. The minimum Gasteiger partial charge on any atom is -0.375 e. The first-order valence-electron chi connectivity index (χ1n) is 23.5. The molecule has 0 aromatic carbocycles. The van der Waals surface area contributed by atoms with Crippen molar-refractivity contribution in [1.82, 2.24) is 9.80 Å². The smallest absolute Gasteiger partial charge is 0.0591 e. The topological polar surface area (TPSA) is 15.7 Å². The van der Waals surface area contributed by atoms with Crippen LogP contribution in [0.25, 0.3) is 0 Å². The van der Waals surface area contributed by atoms with Gasteiger partial charge in [0.25, 0.3) is 0 Å². The van der Waals surface area contributed by atoms with Crippen LogP contribution in [-0.4, -0.2) is 61.3 Å². The van der Waals surface area contributed by atoms with E-state index in [0.717, 1.165) is 26.2 Å². The van der Waals surface area contributed by atoms with Crippen LogP contribution in [0.1, 0.15) is 234 Å². The zero-order chi connectivity index (χ0) is 37.3. The van der Waals surface area contributed by atoms with Crippen molar-refractivity contribution in [2.45, 2.75) is 246 Å². The molecule has 0 saturated heterocycles. The summed E-state index contributed by atoms with van der Waals surface area (Å²) in [5.74, 6) is 0. The summed E-state index contributed by atoms with van der Waals surface area (Å²) in [6.07, 6.45) is 51.1. The van der Waals surface area contributed by atoms with Crippen LogP contribution in [0.15, 0.2) is 24.3 Å². The highest BCUT2D eigenvalue weighted by molar-refractivity contribution is 4.82. The van der Waals surface area contributed by atoms with E-state index in [0.29, 0.717) is 12.2 Å². The van der Waals surface area contributed by atoms with Crippen molar-refractivity contribution in [1.29, 1.82) is 0 Å². The number of allylic oxidation sites excluding steroid dienone is 4. The molecule has 0 spiro atoms. The molecule has 0 aliphatic rings. The van der Waals surface area contributed by atoms with Gasteiger partial charge in [-0.05, 0) is 103 Å². The molecule has 0 N–H and O–H groups in total. The maximum Gasteiger partial charge on any atom is 0.0591 e. The lowest BCUT2D eigenvalue weighted by Crippen LogP contribution is -2.32. The zero-order valence-corrected chi connectivity index (χ0v) is 36.2. The fourth-order valence-electron chi connectivity index (χ4n) is 7.45. The molecule has 0 rings (SSSR count). The first-order chi connectivity index (χ1) is 25.1. The van der Waals surface area contributed by atoms with Gasteiger partial charge < -0.3 is 14.5 Å². The fraction of sp³-hybridized carbons (Fsp3) is 0.917. The summed E-state index contributed by atoms with van der Waals surface area (Å²) in [7, 11) is 0. The second-order valence-electron chi connectivity index (χ2n) is 15.8. The van der Waals surface area contributed by atoms with Gasteiger partial charge in [-0.25, -0.2) is 0 Å². The Kier molecular flexibility index (Phi) is 41.6. The van der Waals surface area contributed by atoms with Gasteiger partial charge in [-0.15, -0.1) is 0 Å². The quantitative estimate of drug-likeness (QED) is 0.0462. The number of nitrogens with zero attached hydrogens (tertiary/aromatic N) is 2. The van der Waals surface area contributed by atoms with E-state index in [1.165, 1.54) is 206 Å². The lowest BCUT2D eigenvalue weighted by atomic mass is 10.0. The highest BCUT2D eigenvalue weighted by Gasteiger charge is 2.18. The van der Waals surface area contributed by atoms with Crippen molar-refractivity contribution >= 4 is 0 Å². The van der Waals surface area contributed by atoms with Crippen LogP contribution in [0.2, 0.25) is 0 Å². The molecule has 0 aromatic rings. The van der Waals surface area contributed by atoms with Gasteiger partial charge >= 0.3 is 0 Å². The first kappa shape index (κ1) is 50.4. The van der Waals surface area contributed by atoms with Crippen molar-refractivity contribution in [3.63, 3.8) is 0 Å². The Balaban J connectivity index is 4.55. The fourth-order valence-corrected chi connectivity index (χ4v) is 7.45. The summed E-state index contributed by atoms with van der Waals surface area (Å²) in [6.45, 7) is 20.8. The van der Waals surface area contributed by atoms with Gasteiger partial charge in [0.15, 0.2) is 0 Å². The minimum atomic E-state index is 0.417. The molecule has 2 atom stereocenters. The zero-order valence-electron chi connectivity index (χ0n) is 36.2. The molecule has 0 fully saturated rings. The van der Waals surface area contributed by atoms with Gasteiger partial charge in [-0.3, -0.25) is 0 Å². The van der Waals surface area contributed by atoms with Crippen LogP contribution in [0.5, 0.6) is 0 Å². The van der Waals surface area contributed by atoms with E-state index in [2.05, 4.69) is 75.6 Å². The molecule has 0 heterocycles. The van der Waals surface area contributed by atoms with Crippen molar-refractivity contribution < 1.29 is 4.74 Å². The largest absolute Gasteiger partial charge is 0.375 e. The second kappa shape index (κ2) is 42.1. The van der Waals surface area contributed by atoms with E-state index in [-0.39, 0.29) is 0 Å². The molecule has 0 aliphatic heterocycles. The van der Waals surface area contributed by atoms with E-state index >= 15 is 0 Å². The predicted octanol–water partition coefficient (Wildman–Crippen LogP) is 15.3. The van der Waals surface area contributed by atoms with Crippen molar-refractivity contribution in [2.75, 3.05) is 39.3 Å². The predicted molar refractivity (Wildman–Crippen MR) is 232 cm³/mol. The number of unbranched alkanes of at least 4 members (excludes halogenated alkanes) is 22. The molecule has 51 heavy (non-hydrogen) atoms. The maximum atomic E-state index is 7.10. The third-order valence-corrected chi connectivity index (χ3v) is 11.3. The Morgan fingerprint density at radius 2 is 0.608 bits per heavy atom. The molecule has 0 bridgehead atoms. The molecule has 3 heteroatoms. The van der Waals surface area contributed by atoms with E-state index in [9.17, 15) is 0 Å². The molecular formula is C48H96N2O. The average molecular weight is 717 g/mol. The van der Waals surface area contributed by atoms with Crippen LogP contribution < -0.4 is 0 Å². The van der Waals surface area contributed by atoms with Gasteiger partial charge in [-0.2, -0.15) is 0 Å². The number of hydrogen-bond donors (Lipinski definition) is 0. The maximum absolute atomic E-state index is 7.10. The molecule has 2 unspecified atom stereocenters. The molecule has 0 amide bonds. The molecule has 0 saturated carbocycles. The Morgan fingerprint density at radius 3 is 0.902 bits per heavy atom. The van der Waals surface area contributed by atoms with Crippen molar-refractivity contribution in [2.24, 2.45) is 0 Å². The Bertz CT molecular complexity index is 639. The SMILES string of the molecule is CCCCCCCCC=CCCCCCCCC(CCN(CC)CC)OC(CCCCCCCC=CCCCCCCCC)CCN(CC)CC. The Morgan fingerprint density at radius 1 is 0.333 bits per heavy atom. The number of rotatable bonds is 42. The molecule has 0 radical (unpaired) electrons. The van der Waals surface area contributed by atoms with Gasteiger partial charge in [0.1, 0.15) is 0 Å². The van der Waals surface area contributed by atoms with E-state index < -0.39 is 0 Å². The third kappa shape index (κ3) is 36.1. The summed E-state index contributed by atoms with van der Waals surface area (Å²) >= 11 is 0. The first-order valence-corrected chi connectivity index (χ1v) is 23.5. The summed E-state index contributed by atoms with van der Waals surface area (Å²) < 4.78 is 7.10. The summed E-state index contributed by atoms with van der Waals surface area (Å²) in [6, 6.07) is 0. The van der Waals surface area contributed by atoms with E-state index in [1.807, 2.05) is 0 Å². The highest BCUT2D eigenvalue weighted by Crippen LogP contribution is 2.21. The average Bonchev–Trinajstić information content (AvgIpc) is 3.15. The lowest BCUT2D eigenvalue weighted by molar-refractivity contribution is -0.0369. The summed E-state index contributed by atoms with van der Waals surface area (Å²) in [4.78, 5) is 5.18. The summed E-state index contributed by atoms with van der Waals surface area (Å²) in [5.41, 5.74) is 0. The highest BCUT2D eigenvalue weighted by atomic mass is 16.5. The second-order valence-corrected chi connectivity index (χ2v) is 15.8. The van der Waals surface area contributed by atoms with Crippen molar-refractivity contribution in [3.05, 3.63) is 24.3 Å². The van der Waals surface area contributed by atoms with Gasteiger partial charge in [0.2, 0.25) is 0 Å². The van der Waals surface area contributed by atoms with Crippen LogP contribution >= 0.6 is 0 Å². The van der Waals surface area contributed by atoms with Crippen LogP contribution in [0.3, 0.4) is 0 Å².